The summed E-state index contributed by atoms with van der Waals surface area (Å²) in [6.45, 7) is 3.66. The van der Waals surface area contributed by atoms with Gasteiger partial charge in [-0.05, 0) is 19.1 Å². The molecular weight excluding hydrogens is 318 g/mol. The van der Waals surface area contributed by atoms with Gasteiger partial charge in [0.05, 0.1) is 11.8 Å². The molecule has 1 aromatic heterocycles. The van der Waals surface area contributed by atoms with Crippen molar-refractivity contribution >= 4 is 21.7 Å². The second kappa shape index (κ2) is 7.71. The van der Waals surface area contributed by atoms with Gasteiger partial charge in [-0.25, -0.2) is 13.4 Å². The Balaban J connectivity index is 1.82. The number of nitrogens with one attached hydrogen (secondary N) is 1. The van der Waals surface area contributed by atoms with Crippen LogP contribution in [0.5, 0.6) is 0 Å². The van der Waals surface area contributed by atoms with E-state index in [1.807, 2.05) is 18.2 Å². The van der Waals surface area contributed by atoms with Gasteiger partial charge in [-0.3, -0.25) is 4.79 Å². The highest BCUT2D eigenvalue weighted by atomic mass is 32.2. The van der Waals surface area contributed by atoms with Crippen molar-refractivity contribution in [2.75, 3.05) is 43.4 Å². The maximum absolute atomic E-state index is 12.3. The number of amides is 1. The highest BCUT2D eigenvalue weighted by molar-refractivity contribution is 7.89. The third-order valence-electron chi connectivity index (χ3n) is 3.68. The highest BCUT2D eigenvalue weighted by Gasteiger charge is 2.27. The fourth-order valence-corrected chi connectivity index (χ4v) is 3.67. The second-order valence-electron chi connectivity index (χ2n) is 5.47. The fourth-order valence-electron chi connectivity index (χ4n) is 2.33. The second-order valence-corrected chi connectivity index (χ2v) is 7.56. The first-order valence-electron chi connectivity index (χ1n) is 7.57. The molecule has 23 heavy (non-hydrogen) atoms. The summed E-state index contributed by atoms with van der Waals surface area (Å²) in [5, 5.41) is 2.52. The number of aromatic nitrogens is 1. The molecule has 1 aliphatic rings. The molecule has 0 aliphatic carbocycles. The van der Waals surface area contributed by atoms with Crippen LogP contribution in [-0.4, -0.2) is 68.1 Å². The van der Waals surface area contributed by atoms with Crippen molar-refractivity contribution in [3.05, 3.63) is 24.4 Å². The molecule has 0 aromatic carbocycles. The minimum absolute atomic E-state index is 0.0726. The minimum Gasteiger partial charge on any atom is -0.354 e. The Kier molecular flexibility index (Phi) is 5.91. The molecule has 0 unspecified atom stereocenters. The number of nitrogens with zero attached hydrogens (tertiary/aromatic N) is 3. The van der Waals surface area contributed by atoms with Gasteiger partial charge in [-0.2, -0.15) is 4.31 Å². The molecule has 1 amide bonds. The molecule has 9 heteroatoms. The van der Waals surface area contributed by atoms with Gasteiger partial charge in [-0.1, -0.05) is 6.07 Å². The van der Waals surface area contributed by atoms with Gasteiger partial charge in [0.25, 0.3) is 0 Å². The van der Waals surface area contributed by atoms with E-state index in [1.165, 1.54) is 4.31 Å². The van der Waals surface area contributed by atoms with Crippen LogP contribution < -0.4 is 16.0 Å². The zero-order valence-corrected chi connectivity index (χ0v) is 14.0. The number of pyridine rings is 1. The molecule has 1 aliphatic heterocycles. The Morgan fingerprint density at radius 2 is 2.04 bits per heavy atom. The molecule has 128 valence electrons. The Labute approximate surface area is 136 Å². The summed E-state index contributed by atoms with van der Waals surface area (Å²) < 4.78 is 26.0. The molecule has 1 saturated heterocycles. The van der Waals surface area contributed by atoms with Crippen molar-refractivity contribution in [1.82, 2.24) is 14.6 Å². The predicted octanol–water partition coefficient (Wildman–Crippen LogP) is -1.00. The zero-order chi connectivity index (χ0) is 16.9. The number of sulfonamides is 1. The molecule has 1 fully saturated rings. The molecule has 2 rings (SSSR count). The summed E-state index contributed by atoms with van der Waals surface area (Å²) in [6.07, 6.45) is 1.72. The standard InChI is InChI=1S/C14H23N5O3S/c1-12(15)14(20)17-6-11-23(21,22)19-9-7-18(8-10-19)13-4-2-3-5-16-13/h2-5,12H,6-11,15H2,1H3,(H,17,20)/t12-/m1/s1. The first-order chi connectivity index (χ1) is 10.9. The molecule has 0 bridgehead atoms. The van der Waals surface area contributed by atoms with Crippen molar-refractivity contribution in [3.63, 3.8) is 0 Å². The number of nitrogens with two attached hydrogens (primary N) is 1. The van der Waals surface area contributed by atoms with E-state index in [0.29, 0.717) is 26.2 Å². The zero-order valence-electron chi connectivity index (χ0n) is 13.2. The van der Waals surface area contributed by atoms with Crippen LogP contribution in [0.3, 0.4) is 0 Å². The minimum atomic E-state index is -3.38. The van der Waals surface area contributed by atoms with Crippen molar-refractivity contribution in [2.45, 2.75) is 13.0 Å². The van der Waals surface area contributed by atoms with Crippen LogP contribution in [0, 0.1) is 0 Å². The third kappa shape index (κ3) is 4.88. The predicted molar refractivity (Wildman–Crippen MR) is 88.5 cm³/mol. The van der Waals surface area contributed by atoms with Crippen LogP contribution in [0.1, 0.15) is 6.92 Å². The molecule has 1 aromatic rings. The molecule has 0 radical (unpaired) electrons. The third-order valence-corrected chi connectivity index (χ3v) is 5.55. The molecule has 8 nitrogen and oxygen atoms in total. The normalized spacial score (nSPS) is 17.7. The van der Waals surface area contributed by atoms with Crippen molar-refractivity contribution in [2.24, 2.45) is 5.73 Å². The average molecular weight is 341 g/mol. The van der Waals surface area contributed by atoms with Gasteiger partial charge in [0, 0.05) is 38.9 Å². The van der Waals surface area contributed by atoms with Crippen LogP contribution in [0.4, 0.5) is 5.82 Å². The van der Waals surface area contributed by atoms with E-state index in [0.717, 1.165) is 5.82 Å². The molecule has 1 atom stereocenters. The van der Waals surface area contributed by atoms with Crippen LogP contribution >= 0.6 is 0 Å². The van der Waals surface area contributed by atoms with Crippen LogP contribution in [-0.2, 0) is 14.8 Å². The topological polar surface area (TPSA) is 109 Å². The molecule has 0 spiro atoms. The van der Waals surface area contributed by atoms with Gasteiger partial charge in [0.1, 0.15) is 5.82 Å². The Bertz CT molecular complexity index is 613. The Morgan fingerprint density at radius 3 is 2.61 bits per heavy atom. The van der Waals surface area contributed by atoms with Crippen LogP contribution in [0.2, 0.25) is 0 Å². The molecular formula is C14H23N5O3S. The van der Waals surface area contributed by atoms with Gasteiger partial charge in [0.2, 0.25) is 15.9 Å². The summed E-state index contributed by atoms with van der Waals surface area (Å²) in [5.41, 5.74) is 5.42. The number of rotatable bonds is 6. The monoisotopic (exact) mass is 341 g/mol. The summed E-state index contributed by atoms with van der Waals surface area (Å²) in [6, 6.07) is 5.03. The molecule has 0 saturated carbocycles. The first kappa shape index (κ1) is 17.6. The van der Waals surface area contributed by atoms with Crippen molar-refractivity contribution in [3.8, 4) is 0 Å². The SMILES string of the molecule is C[C@@H](N)C(=O)NCCS(=O)(=O)N1CCN(c2ccccn2)CC1. The van der Waals surface area contributed by atoms with Gasteiger partial charge in [0.15, 0.2) is 0 Å². The fraction of sp³-hybridized carbons (Fsp3) is 0.571. The van der Waals surface area contributed by atoms with E-state index in [-0.39, 0.29) is 18.2 Å². The van der Waals surface area contributed by atoms with Crippen molar-refractivity contribution < 1.29 is 13.2 Å². The van der Waals surface area contributed by atoms with Crippen LogP contribution in [0.15, 0.2) is 24.4 Å². The summed E-state index contributed by atoms with van der Waals surface area (Å²) in [4.78, 5) is 17.7. The van der Waals surface area contributed by atoms with E-state index < -0.39 is 16.1 Å². The van der Waals surface area contributed by atoms with E-state index in [1.54, 1.807) is 13.1 Å². The number of hydrogen-bond donors (Lipinski definition) is 2. The van der Waals surface area contributed by atoms with E-state index >= 15 is 0 Å². The average Bonchev–Trinajstić information content (AvgIpc) is 2.55. The largest absolute Gasteiger partial charge is 0.354 e. The van der Waals surface area contributed by atoms with E-state index in [9.17, 15) is 13.2 Å². The Morgan fingerprint density at radius 1 is 1.35 bits per heavy atom. The van der Waals surface area contributed by atoms with Crippen molar-refractivity contribution in [1.29, 1.82) is 0 Å². The number of piperazine rings is 1. The highest BCUT2D eigenvalue weighted by Crippen LogP contribution is 2.14. The lowest BCUT2D eigenvalue weighted by molar-refractivity contribution is -0.121. The molecule has 2 heterocycles. The lowest BCUT2D eigenvalue weighted by Crippen LogP contribution is -2.50. The summed E-state index contributed by atoms with van der Waals surface area (Å²) in [5.74, 6) is 0.392. The smallest absolute Gasteiger partial charge is 0.236 e. The van der Waals surface area contributed by atoms with E-state index in [2.05, 4.69) is 15.2 Å². The van der Waals surface area contributed by atoms with Crippen LogP contribution in [0.25, 0.3) is 0 Å². The maximum atomic E-state index is 12.3. The lowest BCUT2D eigenvalue weighted by atomic mass is 10.3. The number of carbonyl (C=O) groups excluding carboxylic acids is 1. The number of carbonyl (C=O) groups is 1. The van der Waals surface area contributed by atoms with Gasteiger partial charge < -0.3 is 16.0 Å². The van der Waals surface area contributed by atoms with Gasteiger partial charge in [-0.15, -0.1) is 0 Å². The lowest BCUT2D eigenvalue weighted by Gasteiger charge is -2.34. The summed E-state index contributed by atoms with van der Waals surface area (Å²) in [7, 11) is -3.38. The van der Waals surface area contributed by atoms with Gasteiger partial charge >= 0.3 is 0 Å². The first-order valence-corrected chi connectivity index (χ1v) is 9.18. The number of hydrogen-bond acceptors (Lipinski definition) is 6. The Hall–Kier alpha value is -1.71. The summed E-state index contributed by atoms with van der Waals surface area (Å²) >= 11 is 0. The van der Waals surface area contributed by atoms with E-state index in [4.69, 9.17) is 5.73 Å². The molecule has 3 N–H and O–H groups in total. The maximum Gasteiger partial charge on any atom is 0.236 e. The number of anilines is 1. The quantitative estimate of drug-likeness (QED) is 0.687.